The summed E-state index contributed by atoms with van der Waals surface area (Å²) in [5.41, 5.74) is 8.09. The van der Waals surface area contributed by atoms with Crippen LogP contribution in [0.5, 0.6) is 0 Å². The van der Waals surface area contributed by atoms with Gasteiger partial charge < -0.3 is 5.73 Å². The van der Waals surface area contributed by atoms with Crippen molar-refractivity contribution in [3.63, 3.8) is 0 Å². The number of hydrogen-bond acceptors (Lipinski definition) is 2. The summed E-state index contributed by atoms with van der Waals surface area (Å²) < 4.78 is 2.75. The van der Waals surface area contributed by atoms with Crippen LogP contribution >= 0.6 is 39.1 Å². The summed E-state index contributed by atoms with van der Waals surface area (Å²) in [7, 11) is 0. The van der Waals surface area contributed by atoms with E-state index >= 15 is 0 Å². The monoisotopic (exact) mass is 347 g/mol. The minimum atomic E-state index is -0.295. The van der Waals surface area contributed by atoms with Crippen molar-refractivity contribution < 1.29 is 0 Å². The van der Waals surface area contributed by atoms with Gasteiger partial charge in [-0.1, -0.05) is 29.3 Å². The normalized spacial score (nSPS) is 12.7. The van der Waals surface area contributed by atoms with E-state index in [1.165, 1.54) is 0 Å². The number of benzene rings is 1. The average Bonchev–Trinajstić information content (AvgIpc) is 2.73. The molecular weight excluding hydrogens is 337 g/mol. The topological polar surface area (TPSA) is 43.8 Å². The first-order chi connectivity index (χ1) is 8.54. The van der Waals surface area contributed by atoms with Crippen molar-refractivity contribution >= 4 is 39.1 Å². The van der Waals surface area contributed by atoms with E-state index < -0.39 is 0 Å². The molecule has 2 aromatic rings. The lowest BCUT2D eigenvalue weighted by atomic mass is 10.0. The molecule has 1 heterocycles. The maximum atomic E-state index is 6.26. The summed E-state index contributed by atoms with van der Waals surface area (Å²) in [6.07, 6.45) is 1.75. The van der Waals surface area contributed by atoms with E-state index in [0.717, 1.165) is 22.3 Å². The fraction of sp³-hybridized carbons (Fsp3) is 0.250. The molecule has 2 N–H and O–H groups in total. The molecule has 1 unspecified atom stereocenters. The van der Waals surface area contributed by atoms with E-state index in [-0.39, 0.29) is 6.04 Å². The van der Waals surface area contributed by atoms with Gasteiger partial charge in [0.1, 0.15) is 0 Å². The minimum Gasteiger partial charge on any atom is -0.319 e. The SMILES string of the molecule is CCn1ncc(Br)c1C(N)c1ccc(Cl)c(Cl)c1. The number of nitrogens with two attached hydrogens (primary N) is 1. The molecule has 0 bridgehead atoms. The fourth-order valence-corrected chi connectivity index (χ4v) is 2.65. The van der Waals surface area contributed by atoms with Crippen LogP contribution in [-0.2, 0) is 6.54 Å². The molecule has 96 valence electrons. The number of rotatable bonds is 3. The summed E-state index contributed by atoms with van der Waals surface area (Å²) in [5, 5.41) is 5.28. The molecule has 1 aromatic carbocycles. The third-order valence-corrected chi connectivity index (χ3v) is 4.08. The van der Waals surface area contributed by atoms with Crippen molar-refractivity contribution in [1.29, 1.82) is 0 Å². The van der Waals surface area contributed by atoms with Gasteiger partial charge in [-0.3, -0.25) is 4.68 Å². The van der Waals surface area contributed by atoms with Gasteiger partial charge in [0.2, 0.25) is 0 Å². The van der Waals surface area contributed by atoms with Crippen LogP contribution in [0.2, 0.25) is 10.0 Å². The van der Waals surface area contributed by atoms with Gasteiger partial charge in [-0.25, -0.2) is 0 Å². The van der Waals surface area contributed by atoms with Crippen molar-refractivity contribution in [2.45, 2.75) is 19.5 Å². The molecule has 18 heavy (non-hydrogen) atoms. The van der Waals surface area contributed by atoms with Gasteiger partial charge in [0.05, 0.1) is 32.5 Å². The van der Waals surface area contributed by atoms with E-state index in [9.17, 15) is 0 Å². The Bertz CT molecular complexity index is 568. The van der Waals surface area contributed by atoms with Crippen LogP contribution in [0.1, 0.15) is 24.2 Å². The molecule has 3 nitrogen and oxygen atoms in total. The van der Waals surface area contributed by atoms with E-state index in [0.29, 0.717) is 10.0 Å². The first-order valence-electron chi connectivity index (χ1n) is 5.46. The Hall–Kier alpha value is -0.550. The van der Waals surface area contributed by atoms with Gasteiger partial charge in [0, 0.05) is 6.54 Å². The molecule has 0 radical (unpaired) electrons. The van der Waals surface area contributed by atoms with Crippen LogP contribution in [0.25, 0.3) is 0 Å². The zero-order valence-electron chi connectivity index (χ0n) is 9.70. The van der Waals surface area contributed by atoms with Crippen LogP contribution in [0.3, 0.4) is 0 Å². The molecule has 0 saturated carbocycles. The highest BCUT2D eigenvalue weighted by molar-refractivity contribution is 9.10. The third-order valence-electron chi connectivity index (χ3n) is 2.73. The third kappa shape index (κ3) is 2.57. The molecule has 0 spiro atoms. The maximum absolute atomic E-state index is 6.26. The first-order valence-corrected chi connectivity index (χ1v) is 7.01. The maximum Gasteiger partial charge on any atom is 0.0738 e. The second kappa shape index (κ2) is 5.61. The van der Waals surface area contributed by atoms with Crippen molar-refractivity contribution in [1.82, 2.24) is 9.78 Å². The van der Waals surface area contributed by atoms with Gasteiger partial charge >= 0.3 is 0 Å². The summed E-state index contributed by atoms with van der Waals surface area (Å²) in [6.45, 7) is 2.78. The Morgan fingerprint density at radius 2 is 2.11 bits per heavy atom. The number of halogens is 3. The average molecular weight is 349 g/mol. The van der Waals surface area contributed by atoms with E-state index in [2.05, 4.69) is 21.0 Å². The number of aromatic nitrogens is 2. The van der Waals surface area contributed by atoms with Crippen LogP contribution in [0.4, 0.5) is 0 Å². The molecular formula is C12H12BrCl2N3. The summed E-state index contributed by atoms with van der Waals surface area (Å²) >= 11 is 15.4. The quantitative estimate of drug-likeness (QED) is 0.910. The van der Waals surface area contributed by atoms with Gasteiger partial charge in [0.25, 0.3) is 0 Å². The molecule has 1 atom stereocenters. The van der Waals surface area contributed by atoms with E-state index in [1.54, 1.807) is 18.3 Å². The summed E-state index contributed by atoms with van der Waals surface area (Å²) in [6, 6.07) is 5.11. The Kier molecular flexibility index (Phi) is 4.33. The molecule has 0 saturated heterocycles. The Balaban J connectivity index is 2.44. The largest absolute Gasteiger partial charge is 0.319 e. The highest BCUT2D eigenvalue weighted by Gasteiger charge is 2.18. The standard InChI is InChI=1S/C12H12BrCl2N3/c1-2-18-12(8(13)6-17-18)11(16)7-3-4-9(14)10(15)5-7/h3-6,11H,2,16H2,1H3. The van der Waals surface area contributed by atoms with Gasteiger partial charge in [0.15, 0.2) is 0 Å². The second-order valence-corrected chi connectivity index (χ2v) is 5.51. The second-order valence-electron chi connectivity index (χ2n) is 3.84. The minimum absolute atomic E-state index is 0.295. The number of aryl methyl sites for hydroxylation is 1. The molecule has 2 rings (SSSR count). The van der Waals surface area contributed by atoms with Gasteiger partial charge in [-0.2, -0.15) is 5.10 Å². The summed E-state index contributed by atoms with van der Waals surface area (Å²) in [5.74, 6) is 0. The fourth-order valence-electron chi connectivity index (χ4n) is 1.80. The summed E-state index contributed by atoms with van der Waals surface area (Å²) in [4.78, 5) is 0. The molecule has 6 heteroatoms. The predicted molar refractivity (Wildman–Crippen MR) is 78.1 cm³/mol. The smallest absolute Gasteiger partial charge is 0.0738 e. The molecule has 0 aliphatic rings. The first kappa shape index (κ1) is 13.9. The highest BCUT2D eigenvalue weighted by atomic mass is 79.9. The molecule has 1 aromatic heterocycles. The highest BCUT2D eigenvalue weighted by Crippen LogP contribution is 2.30. The Morgan fingerprint density at radius 3 is 2.72 bits per heavy atom. The molecule has 0 fully saturated rings. The van der Waals surface area contributed by atoms with Crippen molar-refractivity contribution in [3.8, 4) is 0 Å². The molecule has 0 amide bonds. The van der Waals surface area contributed by atoms with Crippen LogP contribution < -0.4 is 5.73 Å². The Labute approximate surface area is 124 Å². The molecule has 0 aliphatic heterocycles. The lowest BCUT2D eigenvalue weighted by molar-refractivity contribution is 0.599. The zero-order chi connectivity index (χ0) is 13.3. The van der Waals surface area contributed by atoms with Crippen molar-refractivity contribution in [2.75, 3.05) is 0 Å². The molecule has 0 aliphatic carbocycles. The lowest BCUT2D eigenvalue weighted by Gasteiger charge is -2.15. The van der Waals surface area contributed by atoms with Crippen LogP contribution in [0.15, 0.2) is 28.9 Å². The van der Waals surface area contributed by atoms with Crippen molar-refractivity contribution in [2.24, 2.45) is 5.73 Å². The van der Waals surface area contributed by atoms with Gasteiger partial charge in [-0.15, -0.1) is 0 Å². The van der Waals surface area contributed by atoms with E-state index in [4.69, 9.17) is 28.9 Å². The Morgan fingerprint density at radius 1 is 1.39 bits per heavy atom. The van der Waals surface area contributed by atoms with Gasteiger partial charge in [-0.05, 0) is 40.5 Å². The van der Waals surface area contributed by atoms with E-state index in [1.807, 2.05) is 17.7 Å². The van der Waals surface area contributed by atoms with Crippen LogP contribution in [-0.4, -0.2) is 9.78 Å². The number of hydrogen-bond donors (Lipinski definition) is 1. The predicted octanol–water partition coefficient (Wildman–Crippen LogP) is 4.02. The van der Waals surface area contributed by atoms with Crippen LogP contribution in [0, 0.1) is 0 Å². The zero-order valence-corrected chi connectivity index (χ0v) is 12.8. The number of nitrogens with zero attached hydrogens (tertiary/aromatic N) is 2. The lowest BCUT2D eigenvalue weighted by Crippen LogP contribution is -2.17. The van der Waals surface area contributed by atoms with Crippen molar-refractivity contribution in [3.05, 3.63) is 50.2 Å².